The van der Waals surface area contributed by atoms with Crippen LogP contribution in [0.15, 0.2) is 52.7 Å². The van der Waals surface area contributed by atoms with Crippen molar-refractivity contribution in [2.24, 2.45) is 0 Å². The number of alkyl halides is 3. The molecule has 5 rings (SSSR count). The van der Waals surface area contributed by atoms with Gasteiger partial charge < -0.3 is 10.1 Å². The summed E-state index contributed by atoms with van der Waals surface area (Å²) in [4.78, 5) is 4.46. The molecule has 0 saturated carbocycles. The summed E-state index contributed by atoms with van der Waals surface area (Å²) in [5.41, 5.74) is 2.41. The van der Waals surface area contributed by atoms with Crippen LogP contribution < -0.4 is 14.8 Å². The summed E-state index contributed by atoms with van der Waals surface area (Å²) in [6.45, 7) is 1.77. The van der Waals surface area contributed by atoms with E-state index in [1.54, 1.807) is 11.4 Å². The summed E-state index contributed by atoms with van der Waals surface area (Å²) in [5, 5.41) is 4.92. The van der Waals surface area contributed by atoms with Crippen molar-refractivity contribution >= 4 is 44.5 Å². The van der Waals surface area contributed by atoms with Crippen molar-refractivity contribution in [2.45, 2.75) is 30.3 Å². The van der Waals surface area contributed by atoms with Gasteiger partial charge in [0.15, 0.2) is 5.13 Å². The van der Waals surface area contributed by atoms with E-state index in [0.29, 0.717) is 48.7 Å². The van der Waals surface area contributed by atoms with E-state index in [1.807, 2.05) is 6.08 Å². The zero-order chi connectivity index (χ0) is 24.6. The number of hydrogen-bond donors (Lipinski definition) is 2. The van der Waals surface area contributed by atoms with Crippen LogP contribution in [0.3, 0.4) is 0 Å². The lowest BCUT2D eigenvalue weighted by molar-refractivity contribution is -0.137. The second-order valence-corrected chi connectivity index (χ2v) is 10.8. The molecule has 1 aromatic heterocycles. The van der Waals surface area contributed by atoms with Gasteiger partial charge in [-0.3, -0.25) is 4.72 Å². The average Bonchev–Trinajstić information content (AvgIpc) is 3.31. The van der Waals surface area contributed by atoms with Crippen LogP contribution in [0.4, 0.5) is 18.3 Å². The van der Waals surface area contributed by atoms with E-state index >= 15 is 0 Å². The zero-order valence-corrected chi connectivity index (χ0v) is 21.3. The summed E-state index contributed by atoms with van der Waals surface area (Å²) in [5.74, 6) is 0.559. The molecule has 2 N–H and O–H groups in total. The van der Waals surface area contributed by atoms with Crippen LogP contribution in [-0.2, 0) is 22.6 Å². The summed E-state index contributed by atoms with van der Waals surface area (Å²) < 4.78 is 74.2. The Labute approximate surface area is 217 Å². The molecule has 192 valence electrons. The number of thiazole rings is 1. The Hall–Kier alpha value is -2.60. The van der Waals surface area contributed by atoms with Crippen LogP contribution in [0.2, 0.25) is 0 Å². The number of benzene rings is 2. The number of rotatable bonds is 5. The van der Waals surface area contributed by atoms with Gasteiger partial charge in [-0.1, -0.05) is 18.2 Å². The van der Waals surface area contributed by atoms with E-state index in [4.69, 9.17) is 4.74 Å². The molecule has 2 aliphatic rings. The number of nitrogens with zero attached hydrogens (tertiary/aromatic N) is 1. The number of sulfonamides is 1. The molecule has 0 spiro atoms. The Bertz CT molecular complexity index is 1410. The number of hydrogen-bond acceptors (Lipinski definition) is 6. The molecule has 0 unspecified atom stereocenters. The van der Waals surface area contributed by atoms with Crippen LogP contribution in [0.5, 0.6) is 5.75 Å². The molecule has 0 atom stereocenters. The summed E-state index contributed by atoms with van der Waals surface area (Å²) in [7, 11) is -3.92. The van der Waals surface area contributed by atoms with Crippen molar-refractivity contribution in [2.75, 3.05) is 24.4 Å². The topological polar surface area (TPSA) is 80.3 Å². The van der Waals surface area contributed by atoms with E-state index in [-0.39, 0.29) is 22.4 Å². The molecular weight excluding hydrogens is 535 g/mol. The molecular formula is C24H23ClF3N3O3S2. The Morgan fingerprint density at radius 2 is 1.92 bits per heavy atom. The molecule has 0 amide bonds. The number of anilines is 1. The van der Waals surface area contributed by atoms with Gasteiger partial charge in [-0.25, -0.2) is 13.4 Å². The molecule has 2 aromatic carbocycles. The second kappa shape index (κ2) is 10.4. The molecule has 2 aliphatic heterocycles. The second-order valence-electron chi connectivity index (χ2n) is 8.31. The first kappa shape index (κ1) is 26.5. The maximum absolute atomic E-state index is 13.4. The number of halogens is 4. The van der Waals surface area contributed by atoms with Crippen molar-refractivity contribution in [3.8, 4) is 17.0 Å². The number of nitrogens with one attached hydrogen (secondary N) is 2. The van der Waals surface area contributed by atoms with Gasteiger partial charge in [-0.2, -0.15) is 13.2 Å². The first-order valence-corrected chi connectivity index (χ1v) is 13.4. The molecule has 3 aromatic rings. The van der Waals surface area contributed by atoms with Crippen LogP contribution in [-0.4, -0.2) is 33.1 Å². The van der Waals surface area contributed by atoms with Crippen molar-refractivity contribution in [3.63, 3.8) is 0 Å². The first-order chi connectivity index (χ1) is 16.7. The smallest absolute Gasteiger partial charge is 0.416 e. The highest BCUT2D eigenvalue weighted by atomic mass is 35.5. The SMILES string of the molecule is Cl.O=S(=O)(Nc1nc(-c2ccc(C(F)(F)F)cc2C2=CCNCC2)cs1)c1ccc2c(c1)OCCC2. The van der Waals surface area contributed by atoms with Gasteiger partial charge in [0.1, 0.15) is 5.75 Å². The van der Waals surface area contributed by atoms with Gasteiger partial charge in [0.25, 0.3) is 10.0 Å². The molecule has 0 aliphatic carbocycles. The summed E-state index contributed by atoms with van der Waals surface area (Å²) >= 11 is 1.07. The van der Waals surface area contributed by atoms with Gasteiger partial charge in [0.2, 0.25) is 0 Å². The van der Waals surface area contributed by atoms with Crippen LogP contribution >= 0.6 is 23.7 Å². The largest absolute Gasteiger partial charge is 0.493 e. The Balaban J connectivity index is 0.00000304. The van der Waals surface area contributed by atoms with Gasteiger partial charge in [-0.15, -0.1) is 23.7 Å². The Kier molecular flexibility index (Phi) is 7.65. The number of ether oxygens (including phenoxy) is 1. The highest BCUT2D eigenvalue weighted by Crippen LogP contribution is 2.38. The van der Waals surface area contributed by atoms with Crippen molar-refractivity contribution < 1.29 is 26.3 Å². The van der Waals surface area contributed by atoms with Gasteiger partial charge >= 0.3 is 6.18 Å². The van der Waals surface area contributed by atoms with Crippen molar-refractivity contribution in [1.82, 2.24) is 10.3 Å². The quantitative estimate of drug-likeness (QED) is 0.417. The van der Waals surface area contributed by atoms with Crippen LogP contribution in [0, 0.1) is 0 Å². The zero-order valence-electron chi connectivity index (χ0n) is 18.9. The predicted octanol–water partition coefficient (Wildman–Crippen LogP) is 5.75. The summed E-state index contributed by atoms with van der Waals surface area (Å²) in [6, 6.07) is 8.34. The van der Waals surface area contributed by atoms with E-state index in [1.165, 1.54) is 18.2 Å². The lowest BCUT2D eigenvalue weighted by atomic mass is 9.92. The normalized spacial score (nSPS) is 15.8. The first-order valence-electron chi connectivity index (χ1n) is 11.1. The monoisotopic (exact) mass is 557 g/mol. The minimum absolute atomic E-state index is 0. The van der Waals surface area contributed by atoms with E-state index in [9.17, 15) is 21.6 Å². The van der Waals surface area contributed by atoms with E-state index in [2.05, 4.69) is 15.0 Å². The Morgan fingerprint density at radius 1 is 1.08 bits per heavy atom. The van der Waals surface area contributed by atoms with Crippen LogP contribution in [0.25, 0.3) is 16.8 Å². The third-order valence-corrected chi connectivity index (χ3v) is 8.18. The number of aryl methyl sites for hydroxylation is 1. The number of aromatic nitrogens is 1. The van der Waals surface area contributed by atoms with E-state index in [0.717, 1.165) is 47.4 Å². The fraction of sp³-hybridized carbons (Fsp3) is 0.292. The molecule has 36 heavy (non-hydrogen) atoms. The molecule has 3 heterocycles. The van der Waals surface area contributed by atoms with Crippen molar-refractivity contribution in [1.29, 1.82) is 0 Å². The molecule has 0 bridgehead atoms. The van der Waals surface area contributed by atoms with Gasteiger partial charge in [0.05, 0.1) is 22.8 Å². The average molecular weight is 558 g/mol. The number of fused-ring (bicyclic) bond motifs is 1. The fourth-order valence-corrected chi connectivity index (χ4v) is 6.16. The fourth-order valence-electron chi connectivity index (χ4n) is 4.18. The predicted molar refractivity (Wildman–Crippen MR) is 136 cm³/mol. The van der Waals surface area contributed by atoms with Crippen molar-refractivity contribution in [3.05, 3.63) is 64.5 Å². The maximum Gasteiger partial charge on any atom is 0.416 e. The molecule has 0 fully saturated rings. The van der Waals surface area contributed by atoms with Gasteiger partial charge in [0, 0.05) is 23.6 Å². The van der Waals surface area contributed by atoms with E-state index < -0.39 is 21.8 Å². The van der Waals surface area contributed by atoms with Crippen LogP contribution in [0.1, 0.15) is 29.5 Å². The lowest BCUT2D eigenvalue weighted by Gasteiger charge is -2.19. The minimum Gasteiger partial charge on any atom is -0.493 e. The standard InChI is InChI=1S/C24H22F3N3O3S2.ClH/c25-24(26,27)17-4-6-19(20(12-17)15-7-9-28-10-8-15)21-14-34-23(29-21)30-35(31,32)18-5-3-16-2-1-11-33-22(16)13-18;/h3-7,12-14,28H,1-2,8-11H2,(H,29,30);1H. The highest BCUT2D eigenvalue weighted by molar-refractivity contribution is 7.93. The highest BCUT2D eigenvalue weighted by Gasteiger charge is 2.32. The molecule has 0 saturated heterocycles. The molecule has 12 heteroatoms. The molecule has 0 radical (unpaired) electrons. The summed E-state index contributed by atoms with van der Waals surface area (Å²) in [6.07, 6.45) is -0.295. The Morgan fingerprint density at radius 3 is 2.67 bits per heavy atom. The molecule has 6 nitrogen and oxygen atoms in total. The third-order valence-electron chi connectivity index (χ3n) is 5.96. The maximum atomic E-state index is 13.4. The third kappa shape index (κ3) is 5.54. The minimum atomic E-state index is -4.47. The van der Waals surface area contributed by atoms with Gasteiger partial charge in [-0.05, 0) is 60.7 Å². The lowest BCUT2D eigenvalue weighted by Crippen LogP contribution is -2.20.